The highest BCUT2D eigenvalue weighted by atomic mass is 32.2. The van der Waals surface area contributed by atoms with E-state index in [1.165, 1.54) is 12.1 Å². The molecule has 0 atom stereocenters. The average molecular weight is 350 g/mol. The van der Waals surface area contributed by atoms with Crippen LogP contribution in [0.15, 0.2) is 42.5 Å². The largest absolute Gasteiger partial charge is 0.352 e. The maximum atomic E-state index is 12.8. The molecule has 5 nitrogen and oxygen atoms in total. The minimum Gasteiger partial charge on any atom is -0.352 e. The minimum absolute atomic E-state index is 0.244. The van der Waals surface area contributed by atoms with E-state index >= 15 is 0 Å². The summed E-state index contributed by atoms with van der Waals surface area (Å²) in [7, 11) is -3.36. The second-order valence-electron chi connectivity index (χ2n) is 5.54. The van der Waals surface area contributed by atoms with Gasteiger partial charge in [0.05, 0.1) is 11.9 Å². The lowest BCUT2D eigenvalue weighted by Crippen LogP contribution is -2.25. The Hall–Kier alpha value is -2.41. The molecule has 0 heterocycles. The van der Waals surface area contributed by atoms with Crippen molar-refractivity contribution >= 4 is 21.6 Å². The van der Waals surface area contributed by atoms with Crippen LogP contribution in [0.5, 0.6) is 0 Å². The van der Waals surface area contributed by atoms with Gasteiger partial charge in [0.1, 0.15) is 5.82 Å². The van der Waals surface area contributed by atoms with Gasteiger partial charge < -0.3 is 5.32 Å². The molecule has 0 unspecified atom stereocenters. The van der Waals surface area contributed by atoms with Crippen LogP contribution >= 0.6 is 0 Å². The highest BCUT2D eigenvalue weighted by Gasteiger charge is 2.09. The molecule has 0 aromatic heterocycles. The van der Waals surface area contributed by atoms with Gasteiger partial charge in [-0.05, 0) is 54.8 Å². The van der Waals surface area contributed by atoms with Crippen LogP contribution in [0.4, 0.5) is 10.1 Å². The number of aryl methyl sites for hydroxylation is 1. The fourth-order valence-corrected chi connectivity index (χ4v) is 2.82. The predicted molar refractivity (Wildman–Crippen MR) is 92.1 cm³/mol. The van der Waals surface area contributed by atoms with E-state index in [9.17, 15) is 17.6 Å². The SMILES string of the molecule is Cc1cc(C(=O)NCCc2ccc(F)cc2)ccc1NS(C)(=O)=O. The first-order valence-electron chi connectivity index (χ1n) is 7.36. The van der Waals surface area contributed by atoms with Crippen LogP contribution in [0.2, 0.25) is 0 Å². The molecular formula is C17H19FN2O3S. The van der Waals surface area contributed by atoms with Crippen LogP contribution in [-0.4, -0.2) is 27.1 Å². The molecule has 2 aromatic carbocycles. The van der Waals surface area contributed by atoms with Gasteiger partial charge >= 0.3 is 0 Å². The van der Waals surface area contributed by atoms with Gasteiger partial charge in [-0.2, -0.15) is 0 Å². The van der Waals surface area contributed by atoms with Crippen LogP contribution in [-0.2, 0) is 16.4 Å². The molecule has 0 radical (unpaired) electrons. The number of anilines is 1. The molecule has 2 aromatic rings. The molecule has 0 saturated heterocycles. The third-order valence-corrected chi connectivity index (χ3v) is 3.99. The lowest BCUT2D eigenvalue weighted by molar-refractivity contribution is 0.0954. The van der Waals surface area contributed by atoms with Gasteiger partial charge in [-0.25, -0.2) is 12.8 Å². The van der Waals surface area contributed by atoms with Crippen molar-refractivity contribution in [3.05, 3.63) is 65.0 Å². The molecule has 24 heavy (non-hydrogen) atoms. The van der Waals surface area contributed by atoms with E-state index in [1.807, 2.05) is 0 Å². The summed E-state index contributed by atoms with van der Waals surface area (Å²) < 4.78 is 37.7. The Labute approximate surface area is 141 Å². The monoisotopic (exact) mass is 350 g/mol. The number of rotatable bonds is 6. The third kappa shape index (κ3) is 5.34. The Morgan fingerprint density at radius 1 is 1.12 bits per heavy atom. The molecule has 7 heteroatoms. The van der Waals surface area contributed by atoms with Crippen LogP contribution < -0.4 is 10.0 Å². The summed E-state index contributed by atoms with van der Waals surface area (Å²) in [5.41, 5.74) is 2.48. The predicted octanol–water partition coefficient (Wildman–Crippen LogP) is 2.48. The van der Waals surface area contributed by atoms with E-state index in [0.29, 0.717) is 29.8 Å². The molecule has 0 spiro atoms. The molecule has 0 aliphatic carbocycles. The van der Waals surface area contributed by atoms with Crippen molar-refractivity contribution in [2.24, 2.45) is 0 Å². The molecule has 0 bridgehead atoms. The summed E-state index contributed by atoms with van der Waals surface area (Å²) in [5.74, 6) is -0.535. The number of hydrogen-bond donors (Lipinski definition) is 2. The van der Waals surface area contributed by atoms with Crippen molar-refractivity contribution in [2.75, 3.05) is 17.5 Å². The van der Waals surface area contributed by atoms with Gasteiger partial charge in [0, 0.05) is 12.1 Å². The lowest BCUT2D eigenvalue weighted by Gasteiger charge is -2.10. The zero-order chi connectivity index (χ0) is 17.7. The second-order valence-corrected chi connectivity index (χ2v) is 7.28. The smallest absolute Gasteiger partial charge is 0.251 e. The highest BCUT2D eigenvalue weighted by molar-refractivity contribution is 7.92. The lowest BCUT2D eigenvalue weighted by atomic mass is 10.1. The average Bonchev–Trinajstić information content (AvgIpc) is 2.50. The van der Waals surface area contributed by atoms with Crippen LogP contribution in [0, 0.1) is 12.7 Å². The standard InChI is InChI=1S/C17H19FN2O3S/c1-12-11-14(5-8-16(12)20-24(2,22)23)17(21)19-10-9-13-3-6-15(18)7-4-13/h3-8,11,20H,9-10H2,1-2H3,(H,19,21). The van der Waals surface area contributed by atoms with E-state index in [4.69, 9.17) is 0 Å². The zero-order valence-corrected chi connectivity index (χ0v) is 14.3. The maximum Gasteiger partial charge on any atom is 0.251 e. The molecule has 0 aliphatic heterocycles. The summed E-state index contributed by atoms with van der Waals surface area (Å²) in [6.45, 7) is 2.15. The number of sulfonamides is 1. The fourth-order valence-electron chi connectivity index (χ4n) is 2.19. The van der Waals surface area contributed by atoms with Gasteiger partial charge in [-0.1, -0.05) is 12.1 Å². The molecule has 1 amide bonds. The summed E-state index contributed by atoms with van der Waals surface area (Å²) in [4.78, 5) is 12.1. The van der Waals surface area contributed by atoms with Crippen molar-refractivity contribution in [3.8, 4) is 0 Å². The first-order chi connectivity index (χ1) is 11.2. The highest BCUT2D eigenvalue weighted by Crippen LogP contribution is 2.17. The number of carbonyl (C=O) groups excluding carboxylic acids is 1. The summed E-state index contributed by atoms with van der Waals surface area (Å²) in [5, 5.41) is 2.79. The number of halogens is 1. The molecule has 128 valence electrons. The Morgan fingerprint density at radius 2 is 1.79 bits per heavy atom. The number of hydrogen-bond acceptors (Lipinski definition) is 3. The Kier molecular flexibility index (Phi) is 5.56. The molecule has 2 rings (SSSR count). The number of nitrogens with one attached hydrogen (secondary N) is 2. The number of amides is 1. The van der Waals surface area contributed by atoms with Crippen molar-refractivity contribution < 1.29 is 17.6 Å². The Morgan fingerprint density at radius 3 is 2.38 bits per heavy atom. The third-order valence-electron chi connectivity index (χ3n) is 3.40. The molecule has 0 saturated carbocycles. The summed E-state index contributed by atoms with van der Waals surface area (Å²) >= 11 is 0. The first-order valence-corrected chi connectivity index (χ1v) is 9.25. The van der Waals surface area contributed by atoms with E-state index in [-0.39, 0.29) is 11.7 Å². The normalized spacial score (nSPS) is 11.1. The summed E-state index contributed by atoms with van der Waals surface area (Å²) in [6, 6.07) is 10.9. The molecular weight excluding hydrogens is 331 g/mol. The van der Waals surface area contributed by atoms with Gasteiger partial charge in [-0.3, -0.25) is 9.52 Å². The van der Waals surface area contributed by atoms with Gasteiger partial charge in [-0.15, -0.1) is 0 Å². The van der Waals surface area contributed by atoms with Crippen molar-refractivity contribution in [1.29, 1.82) is 0 Å². The Bertz CT molecular complexity index is 833. The molecule has 0 aliphatic rings. The van der Waals surface area contributed by atoms with Crippen LogP contribution in [0.3, 0.4) is 0 Å². The first kappa shape index (κ1) is 17.9. The van der Waals surface area contributed by atoms with Crippen molar-refractivity contribution in [1.82, 2.24) is 5.32 Å². The fraction of sp³-hybridized carbons (Fsp3) is 0.235. The van der Waals surface area contributed by atoms with Gasteiger partial charge in [0.25, 0.3) is 5.91 Å². The van der Waals surface area contributed by atoms with Gasteiger partial charge in [0.15, 0.2) is 0 Å². The Balaban J connectivity index is 1.94. The topological polar surface area (TPSA) is 75.3 Å². The number of benzene rings is 2. The number of carbonyl (C=O) groups is 1. The minimum atomic E-state index is -3.36. The van der Waals surface area contributed by atoms with E-state index in [2.05, 4.69) is 10.0 Å². The molecule has 0 fully saturated rings. The van der Waals surface area contributed by atoms with E-state index in [0.717, 1.165) is 11.8 Å². The molecule has 2 N–H and O–H groups in total. The van der Waals surface area contributed by atoms with E-state index in [1.54, 1.807) is 37.3 Å². The van der Waals surface area contributed by atoms with Crippen LogP contribution in [0.25, 0.3) is 0 Å². The second kappa shape index (κ2) is 7.44. The maximum absolute atomic E-state index is 12.8. The van der Waals surface area contributed by atoms with Crippen molar-refractivity contribution in [2.45, 2.75) is 13.3 Å². The summed E-state index contributed by atoms with van der Waals surface area (Å²) in [6.07, 6.45) is 1.67. The quantitative estimate of drug-likeness (QED) is 0.840. The van der Waals surface area contributed by atoms with Crippen molar-refractivity contribution in [3.63, 3.8) is 0 Å². The van der Waals surface area contributed by atoms with Crippen LogP contribution in [0.1, 0.15) is 21.5 Å². The van der Waals surface area contributed by atoms with E-state index < -0.39 is 10.0 Å². The van der Waals surface area contributed by atoms with Gasteiger partial charge in [0.2, 0.25) is 10.0 Å². The zero-order valence-electron chi connectivity index (χ0n) is 13.5.